The van der Waals surface area contributed by atoms with Crippen molar-refractivity contribution in [2.24, 2.45) is 4.99 Å². The van der Waals surface area contributed by atoms with Gasteiger partial charge in [-0.05, 0) is 54.4 Å². The Morgan fingerprint density at radius 2 is 2.24 bits per heavy atom. The van der Waals surface area contributed by atoms with Crippen molar-refractivity contribution >= 4 is 50.1 Å². The van der Waals surface area contributed by atoms with Crippen LogP contribution in [-0.4, -0.2) is 16.5 Å². The largest absolute Gasteiger partial charge is 0.335 e. The minimum Gasteiger partial charge on any atom is -0.335 e. The van der Waals surface area contributed by atoms with Gasteiger partial charge in [-0.2, -0.15) is 0 Å². The van der Waals surface area contributed by atoms with E-state index in [1.54, 1.807) is 11.8 Å². The predicted octanol–water partition coefficient (Wildman–Crippen LogP) is 4.79. The lowest BCUT2D eigenvalue weighted by Gasteiger charge is -2.26. The van der Waals surface area contributed by atoms with Crippen LogP contribution in [0.5, 0.6) is 0 Å². The van der Waals surface area contributed by atoms with Crippen LogP contribution in [0, 0.1) is 0 Å². The number of nitrogens with zero attached hydrogens (tertiary/aromatic N) is 1. The van der Waals surface area contributed by atoms with Crippen molar-refractivity contribution in [1.29, 1.82) is 0 Å². The molecule has 0 fully saturated rings. The lowest BCUT2D eigenvalue weighted by atomic mass is 10.0. The summed E-state index contributed by atoms with van der Waals surface area (Å²) in [5.41, 5.74) is 1.01. The Balaban J connectivity index is 2.15. The molecule has 0 saturated carbocycles. The zero-order valence-corrected chi connectivity index (χ0v) is 12.9. The van der Waals surface area contributed by atoms with Crippen LogP contribution in [0.15, 0.2) is 27.7 Å². The highest BCUT2D eigenvalue weighted by molar-refractivity contribution is 9.10. The van der Waals surface area contributed by atoms with Crippen molar-refractivity contribution in [2.45, 2.75) is 25.8 Å². The second kappa shape index (κ2) is 5.21. The SMILES string of the molecule is CC1(C)CCSC(Nc2ccc(Br)c(Cl)c2)=N1. The van der Waals surface area contributed by atoms with E-state index in [0.717, 1.165) is 27.5 Å². The van der Waals surface area contributed by atoms with Crippen molar-refractivity contribution in [3.05, 3.63) is 27.7 Å². The number of anilines is 1. The Morgan fingerprint density at radius 3 is 2.88 bits per heavy atom. The van der Waals surface area contributed by atoms with Gasteiger partial charge in [-0.1, -0.05) is 23.4 Å². The Labute approximate surface area is 119 Å². The highest BCUT2D eigenvalue weighted by Crippen LogP contribution is 2.29. The topological polar surface area (TPSA) is 24.4 Å². The van der Waals surface area contributed by atoms with Gasteiger partial charge in [0.2, 0.25) is 0 Å². The van der Waals surface area contributed by atoms with Crippen LogP contribution in [0.4, 0.5) is 5.69 Å². The molecular formula is C12H14BrClN2S. The van der Waals surface area contributed by atoms with Gasteiger partial charge < -0.3 is 5.32 Å². The van der Waals surface area contributed by atoms with Gasteiger partial charge in [-0.3, -0.25) is 4.99 Å². The molecule has 92 valence electrons. The number of aliphatic imine (C=N–C) groups is 1. The molecule has 1 aromatic carbocycles. The van der Waals surface area contributed by atoms with Gasteiger partial charge in [0, 0.05) is 15.9 Å². The first-order valence-corrected chi connectivity index (χ1v) is 7.57. The average Bonchev–Trinajstić information content (AvgIpc) is 2.22. The summed E-state index contributed by atoms with van der Waals surface area (Å²) in [4.78, 5) is 4.68. The monoisotopic (exact) mass is 332 g/mol. The molecule has 0 unspecified atom stereocenters. The van der Waals surface area contributed by atoms with Crippen LogP contribution in [0.1, 0.15) is 20.3 Å². The van der Waals surface area contributed by atoms with Crippen LogP contribution in [-0.2, 0) is 0 Å². The molecule has 0 aromatic heterocycles. The van der Waals surface area contributed by atoms with Crippen molar-refractivity contribution < 1.29 is 0 Å². The van der Waals surface area contributed by atoms with Gasteiger partial charge in [-0.25, -0.2) is 0 Å². The molecule has 0 radical (unpaired) electrons. The summed E-state index contributed by atoms with van der Waals surface area (Å²) in [5.74, 6) is 1.10. The second-order valence-corrected chi connectivity index (χ2v) is 6.93. The number of halogens is 2. The lowest BCUT2D eigenvalue weighted by Crippen LogP contribution is -2.27. The van der Waals surface area contributed by atoms with Gasteiger partial charge in [0.05, 0.1) is 10.6 Å². The molecule has 2 nitrogen and oxygen atoms in total. The maximum atomic E-state index is 6.05. The van der Waals surface area contributed by atoms with Gasteiger partial charge >= 0.3 is 0 Å². The summed E-state index contributed by atoms with van der Waals surface area (Å²) < 4.78 is 0.906. The van der Waals surface area contributed by atoms with Crippen molar-refractivity contribution in [3.8, 4) is 0 Å². The Hall–Kier alpha value is -0.190. The number of hydrogen-bond acceptors (Lipinski definition) is 3. The summed E-state index contributed by atoms with van der Waals surface area (Å²) in [6.45, 7) is 4.31. The van der Waals surface area contributed by atoms with E-state index in [0.29, 0.717) is 5.02 Å². The zero-order valence-electron chi connectivity index (χ0n) is 9.76. The molecule has 1 aliphatic rings. The summed E-state index contributed by atoms with van der Waals surface area (Å²) in [7, 11) is 0. The standard InChI is InChI=1S/C12H14BrClN2S/c1-12(2)5-6-17-11(16-12)15-8-3-4-9(13)10(14)7-8/h3-4,7H,5-6H2,1-2H3,(H,15,16). The fraction of sp³-hybridized carbons (Fsp3) is 0.417. The minimum absolute atomic E-state index is 0.0345. The van der Waals surface area contributed by atoms with Crippen LogP contribution >= 0.6 is 39.3 Å². The van der Waals surface area contributed by atoms with Crippen molar-refractivity contribution in [3.63, 3.8) is 0 Å². The van der Waals surface area contributed by atoms with Crippen LogP contribution in [0.25, 0.3) is 0 Å². The third kappa shape index (κ3) is 3.63. The summed E-state index contributed by atoms with van der Waals surface area (Å²) in [5, 5.41) is 4.99. The molecule has 0 amide bonds. The predicted molar refractivity (Wildman–Crippen MR) is 81.4 cm³/mol. The minimum atomic E-state index is 0.0345. The molecule has 2 rings (SSSR count). The number of benzene rings is 1. The number of amidine groups is 1. The lowest BCUT2D eigenvalue weighted by molar-refractivity contribution is 0.507. The molecule has 1 N–H and O–H groups in total. The number of hydrogen-bond donors (Lipinski definition) is 1. The molecule has 1 aliphatic heterocycles. The van der Waals surface area contributed by atoms with Crippen molar-refractivity contribution in [1.82, 2.24) is 0 Å². The number of nitrogens with one attached hydrogen (secondary N) is 1. The molecule has 5 heteroatoms. The second-order valence-electron chi connectivity index (χ2n) is 4.58. The molecule has 1 heterocycles. The summed E-state index contributed by atoms with van der Waals surface area (Å²) in [6, 6.07) is 5.82. The third-order valence-electron chi connectivity index (χ3n) is 2.53. The van der Waals surface area contributed by atoms with Crippen LogP contribution in [0.2, 0.25) is 5.02 Å². The van der Waals surface area contributed by atoms with E-state index >= 15 is 0 Å². The van der Waals surface area contributed by atoms with E-state index in [1.165, 1.54) is 0 Å². The highest BCUT2D eigenvalue weighted by Gasteiger charge is 2.22. The molecule has 0 atom stereocenters. The molecule has 0 spiro atoms. The van der Waals surface area contributed by atoms with Gasteiger partial charge in [0.15, 0.2) is 5.17 Å². The Morgan fingerprint density at radius 1 is 1.47 bits per heavy atom. The number of rotatable bonds is 1. The maximum Gasteiger partial charge on any atom is 0.161 e. The first kappa shape index (κ1) is 13.2. The molecule has 1 aromatic rings. The third-order valence-corrected chi connectivity index (χ3v) is 4.64. The van der Waals surface area contributed by atoms with E-state index in [9.17, 15) is 0 Å². The van der Waals surface area contributed by atoms with E-state index in [2.05, 4.69) is 40.1 Å². The molecular weight excluding hydrogens is 320 g/mol. The fourth-order valence-electron chi connectivity index (χ4n) is 1.52. The first-order chi connectivity index (χ1) is 7.96. The highest BCUT2D eigenvalue weighted by atomic mass is 79.9. The smallest absolute Gasteiger partial charge is 0.161 e. The van der Waals surface area contributed by atoms with E-state index < -0.39 is 0 Å². The van der Waals surface area contributed by atoms with Crippen LogP contribution < -0.4 is 5.32 Å². The quantitative estimate of drug-likeness (QED) is 0.799. The van der Waals surface area contributed by atoms with E-state index in [-0.39, 0.29) is 5.54 Å². The van der Waals surface area contributed by atoms with Gasteiger partial charge in [-0.15, -0.1) is 0 Å². The zero-order chi connectivity index (χ0) is 12.5. The van der Waals surface area contributed by atoms with Crippen LogP contribution in [0.3, 0.4) is 0 Å². The molecule has 17 heavy (non-hydrogen) atoms. The first-order valence-electron chi connectivity index (χ1n) is 5.41. The molecule has 0 bridgehead atoms. The fourth-order valence-corrected chi connectivity index (χ4v) is 3.25. The Bertz CT molecular complexity index is 460. The number of thioether (sulfide) groups is 1. The maximum absolute atomic E-state index is 6.05. The van der Waals surface area contributed by atoms with E-state index in [4.69, 9.17) is 11.6 Å². The van der Waals surface area contributed by atoms with Crippen molar-refractivity contribution in [2.75, 3.05) is 11.1 Å². The Kier molecular flexibility index (Phi) is 4.06. The van der Waals surface area contributed by atoms with Gasteiger partial charge in [0.1, 0.15) is 0 Å². The van der Waals surface area contributed by atoms with Gasteiger partial charge in [0.25, 0.3) is 0 Å². The molecule has 0 aliphatic carbocycles. The summed E-state index contributed by atoms with van der Waals surface area (Å²) in [6.07, 6.45) is 1.12. The average molecular weight is 334 g/mol. The summed E-state index contributed by atoms with van der Waals surface area (Å²) >= 11 is 11.2. The normalized spacial score (nSPS) is 18.7. The van der Waals surface area contributed by atoms with E-state index in [1.807, 2.05) is 18.2 Å². The molecule has 0 saturated heterocycles.